The molecule has 1 aliphatic carbocycles. The summed E-state index contributed by atoms with van der Waals surface area (Å²) in [5.74, 6) is 0.173. The molecular formula is C20H22N4O2. The van der Waals surface area contributed by atoms with E-state index >= 15 is 0 Å². The number of carbonyl (C=O) groups excluding carboxylic acids is 1. The SMILES string of the molecule is O=C(Cn1ccnc1)N1CC(NCc2cccc3ccoc23)C2(CC2)C1. The van der Waals surface area contributed by atoms with Crippen LogP contribution < -0.4 is 5.32 Å². The van der Waals surface area contributed by atoms with Crippen LogP contribution in [0, 0.1) is 5.41 Å². The molecule has 5 rings (SSSR count). The highest BCUT2D eigenvalue weighted by Crippen LogP contribution is 2.52. The van der Waals surface area contributed by atoms with E-state index in [2.05, 4.69) is 28.5 Å². The third kappa shape index (κ3) is 2.70. The first kappa shape index (κ1) is 15.6. The van der Waals surface area contributed by atoms with Gasteiger partial charge in [0.25, 0.3) is 0 Å². The van der Waals surface area contributed by atoms with Crippen LogP contribution in [0.2, 0.25) is 0 Å². The average molecular weight is 350 g/mol. The summed E-state index contributed by atoms with van der Waals surface area (Å²) in [5.41, 5.74) is 2.39. The molecule has 3 heterocycles. The zero-order valence-electron chi connectivity index (χ0n) is 14.6. The summed E-state index contributed by atoms with van der Waals surface area (Å²) in [6, 6.07) is 8.58. The van der Waals surface area contributed by atoms with Crippen molar-refractivity contribution in [1.29, 1.82) is 0 Å². The molecule has 2 fully saturated rings. The monoisotopic (exact) mass is 350 g/mol. The quantitative estimate of drug-likeness (QED) is 0.768. The Hall–Kier alpha value is -2.60. The van der Waals surface area contributed by atoms with Crippen LogP contribution in [0.15, 0.2) is 53.7 Å². The number of nitrogens with one attached hydrogen (secondary N) is 1. The predicted octanol–water partition coefficient (Wildman–Crippen LogP) is 2.41. The summed E-state index contributed by atoms with van der Waals surface area (Å²) in [5, 5.41) is 4.84. The number of rotatable bonds is 5. The molecule has 0 bridgehead atoms. The molecule has 1 aliphatic heterocycles. The van der Waals surface area contributed by atoms with Crippen LogP contribution in [0.25, 0.3) is 11.0 Å². The van der Waals surface area contributed by atoms with Crippen LogP contribution in [0.5, 0.6) is 0 Å². The number of furan rings is 1. The van der Waals surface area contributed by atoms with Gasteiger partial charge in [-0.15, -0.1) is 0 Å². The number of fused-ring (bicyclic) bond motifs is 1. The number of hydrogen-bond donors (Lipinski definition) is 1. The molecule has 1 N–H and O–H groups in total. The fourth-order valence-corrected chi connectivity index (χ4v) is 4.17. The third-order valence-corrected chi connectivity index (χ3v) is 5.87. The summed E-state index contributed by atoms with van der Waals surface area (Å²) < 4.78 is 7.47. The molecule has 3 aromatic rings. The second-order valence-corrected chi connectivity index (χ2v) is 7.56. The molecule has 134 valence electrons. The first-order valence-electron chi connectivity index (χ1n) is 9.16. The zero-order chi connectivity index (χ0) is 17.6. The van der Waals surface area contributed by atoms with E-state index in [9.17, 15) is 4.79 Å². The van der Waals surface area contributed by atoms with Gasteiger partial charge in [0.1, 0.15) is 12.1 Å². The van der Waals surface area contributed by atoms with Gasteiger partial charge in [-0.2, -0.15) is 0 Å². The Morgan fingerprint density at radius 1 is 1.35 bits per heavy atom. The number of amides is 1. The highest BCUT2D eigenvalue weighted by Gasteiger charge is 2.55. The molecule has 26 heavy (non-hydrogen) atoms. The Balaban J connectivity index is 1.26. The smallest absolute Gasteiger partial charge is 0.242 e. The van der Waals surface area contributed by atoms with Crippen molar-refractivity contribution in [2.24, 2.45) is 5.41 Å². The lowest BCUT2D eigenvalue weighted by atomic mass is 10.0. The molecule has 1 atom stereocenters. The third-order valence-electron chi connectivity index (χ3n) is 5.87. The van der Waals surface area contributed by atoms with E-state index in [1.165, 1.54) is 18.4 Å². The maximum Gasteiger partial charge on any atom is 0.242 e. The molecule has 0 radical (unpaired) electrons. The Kier molecular flexibility index (Phi) is 3.60. The van der Waals surface area contributed by atoms with Gasteiger partial charge in [0.05, 0.1) is 12.6 Å². The van der Waals surface area contributed by atoms with Crippen LogP contribution in [0.4, 0.5) is 0 Å². The van der Waals surface area contributed by atoms with E-state index in [1.807, 2.05) is 21.7 Å². The highest BCUT2D eigenvalue weighted by atomic mass is 16.3. The summed E-state index contributed by atoms with van der Waals surface area (Å²) in [6.07, 6.45) is 9.37. The lowest BCUT2D eigenvalue weighted by Crippen LogP contribution is -2.38. The summed E-state index contributed by atoms with van der Waals surface area (Å²) in [6.45, 7) is 2.78. The second-order valence-electron chi connectivity index (χ2n) is 7.56. The number of benzene rings is 1. The van der Waals surface area contributed by atoms with Crippen LogP contribution in [0.3, 0.4) is 0 Å². The molecule has 1 amide bonds. The van der Waals surface area contributed by atoms with Crippen molar-refractivity contribution in [1.82, 2.24) is 19.8 Å². The second kappa shape index (κ2) is 5.99. The fraction of sp³-hybridized carbons (Fsp3) is 0.400. The number of imidazole rings is 1. The molecule has 1 spiro atoms. The van der Waals surface area contributed by atoms with Gasteiger partial charge in [-0.1, -0.05) is 18.2 Å². The Bertz CT molecular complexity index is 926. The molecule has 1 aromatic carbocycles. The highest BCUT2D eigenvalue weighted by molar-refractivity contribution is 5.80. The maximum absolute atomic E-state index is 12.6. The van der Waals surface area contributed by atoms with Gasteiger partial charge in [0, 0.05) is 54.4 Å². The number of hydrogen-bond acceptors (Lipinski definition) is 4. The Morgan fingerprint density at radius 2 is 2.27 bits per heavy atom. The van der Waals surface area contributed by atoms with E-state index in [0.29, 0.717) is 12.6 Å². The Labute approximate surface area is 151 Å². The largest absolute Gasteiger partial charge is 0.464 e. The van der Waals surface area contributed by atoms with Crippen LogP contribution in [0.1, 0.15) is 18.4 Å². The summed E-state index contributed by atoms with van der Waals surface area (Å²) >= 11 is 0. The van der Waals surface area contributed by atoms with Crippen LogP contribution in [-0.2, 0) is 17.9 Å². The van der Waals surface area contributed by atoms with E-state index in [-0.39, 0.29) is 11.3 Å². The average Bonchev–Trinajstić information content (AvgIpc) is 3.03. The van der Waals surface area contributed by atoms with Gasteiger partial charge in [-0.05, 0) is 18.9 Å². The number of nitrogens with zero attached hydrogens (tertiary/aromatic N) is 3. The van der Waals surface area contributed by atoms with Crippen LogP contribution in [-0.4, -0.2) is 39.5 Å². The zero-order valence-corrected chi connectivity index (χ0v) is 14.6. The first-order valence-corrected chi connectivity index (χ1v) is 9.16. The lowest BCUT2D eigenvalue weighted by Gasteiger charge is -2.18. The number of carbonyl (C=O) groups is 1. The van der Waals surface area contributed by atoms with Crippen molar-refractivity contribution >= 4 is 16.9 Å². The van der Waals surface area contributed by atoms with Gasteiger partial charge < -0.3 is 19.2 Å². The maximum atomic E-state index is 12.6. The van der Waals surface area contributed by atoms with Gasteiger partial charge in [-0.25, -0.2) is 4.98 Å². The van der Waals surface area contributed by atoms with Crippen molar-refractivity contribution in [2.75, 3.05) is 13.1 Å². The van der Waals surface area contributed by atoms with Crippen molar-refractivity contribution in [3.63, 3.8) is 0 Å². The molecule has 1 unspecified atom stereocenters. The summed E-state index contributed by atoms with van der Waals surface area (Å²) in [4.78, 5) is 18.6. The van der Waals surface area contributed by atoms with E-state index < -0.39 is 0 Å². The number of aromatic nitrogens is 2. The predicted molar refractivity (Wildman–Crippen MR) is 97.3 cm³/mol. The molecule has 6 nitrogen and oxygen atoms in total. The minimum absolute atomic E-state index is 0.173. The van der Waals surface area contributed by atoms with Crippen molar-refractivity contribution in [3.05, 3.63) is 54.8 Å². The number of likely N-dealkylation sites (tertiary alicyclic amines) is 1. The van der Waals surface area contributed by atoms with Crippen LogP contribution >= 0.6 is 0 Å². The minimum Gasteiger partial charge on any atom is -0.464 e. The fourth-order valence-electron chi connectivity index (χ4n) is 4.17. The normalized spacial score (nSPS) is 20.9. The standard InChI is InChI=1S/C20H22N4O2/c25-18(12-23-8-7-21-14-23)24-11-17(20(13-24)5-6-20)22-10-16-3-1-2-15-4-9-26-19(15)16/h1-4,7-9,14,17,22H,5-6,10-13H2. The summed E-state index contributed by atoms with van der Waals surface area (Å²) in [7, 11) is 0. The van der Waals surface area contributed by atoms with Gasteiger partial charge in [-0.3, -0.25) is 4.79 Å². The first-order chi connectivity index (χ1) is 12.7. The van der Waals surface area contributed by atoms with Crippen molar-refractivity contribution < 1.29 is 9.21 Å². The molecule has 6 heteroatoms. The molecule has 1 saturated heterocycles. The minimum atomic E-state index is 0.173. The van der Waals surface area contributed by atoms with E-state index in [0.717, 1.165) is 30.6 Å². The Morgan fingerprint density at radius 3 is 3.08 bits per heavy atom. The molecular weight excluding hydrogens is 328 g/mol. The lowest BCUT2D eigenvalue weighted by molar-refractivity contribution is -0.131. The van der Waals surface area contributed by atoms with Crippen molar-refractivity contribution in [3.8, 4) is 0 Å². The van der Waals surface area contributed by atoms with E-state index in [1.54, 1.807) is 18.8 Å². The van der Waals surface area contributed by atoms with Gasteiger partial charge in [0.2, 0.25) is 5.91 Å². The van der Waals surface area contributed by atoms with Gasteiger partial charge in [0.15, 0.2) is 0 Å². The number of para-hydroxylation sites is 1. The molecule has 1 saturated carbocycles. The molecule has 2 aliphatic rings. The molecule has 2 aromatic heterocycles. The van der Waals surface area contributed by atoms with E-state index in [4.69, 9.17) is 4.42 Å². The topological polar surface area (TPSA) is 63.3 Å². The van der Waals surface area contributed by atoms with Crippen molar-refractivity contribution in [2.45, 2.75) is 32.0 Å². The van der Waals surface area contributed by atoms with Gasteiger partial charge >= 0.3 is 0 Å².